The van der Waals surface area contributed by atoms with Gasteiger partial charge in [0.15, 0.2) is 0 Å². The monoisotopic (exact) mass is 219 g/mol. The highest BCUT2D eigenvalue weighted by atomic mass is 19.3. The molecule has 86 valence electrons. The van der Waals surface area contributed by atoms with E-state index in [9.17, 15) is 13.6 Å². The predicted molar refractivity (Wildman–Crippen MR) is 50.4 cm³/mol. The van der Waals surface area contributed by atoms with Gasteiger partial charge in [-0.3, -0.25) is 5.43 Å². The lowest BCUT2D eigenvalue weighted by atomic mass is 9.91. The second-order valence-corrected chi connectivity index (χ2v) is 4.14. The van der Waals surface area contributed by atoms with Gasteiger partial charge in [0.25, 0.3) is 0 Å². The fraction of sp³-hybridized carbons (Fsp3) is 0.889. The lowest BCUT2D eigenvalue weighted by molar-refractivity contribution is -0.0504. The Bertz CT molecular complexity index is 250. The smallest absolute Gasteiger partial charge is 0.319 e. The molecule has 1 heterocycles. The molecular weight excluding hydrogens is 204 g/mol. The van der Waals surface area contributed by atoms with Crippen LogP contribution < -0.4 is 10.9 Å². The van der Waals surface area contributed by atoms with E-state index >= 15 is 0 Å². The summed E-state index contributed by atoms with van der Waals surface area (Å²) < 4.78 is 25.8. The van der Waals surface area contributed by atoms with Gasteiger partial charge in [-0.1, -0.05) is 0 Å². The molecule has 1 aliphatic carbocycles. The van der Waals surface area contributed by atoms with E-state index in [1.54, 1.807) is 4.90 Å². The van der Waals surface area contributed by atoms with E-state index in [1.165, 1.54) is 0 Å². The average molecular weight is 219 g/mol. The number of carbonyl (C=O) groups is 1. The normalized spacial score (nSPS) is 27.6. The first-order valence-corrected chi connectivity index (χ1v) is 5.26. The van der Waals surface area contributed by atoms with Crippen molar-refractivity contribution in [1.29, 1.82) is 0 Å². The first kappa shape index (κ1) is 10.6. The third-order valence-corrected chi connectivity index (χ3v) is 3.06. The zero-order valence-electron chi connectivity index (χ0n) is 8.43. The fourth-order valence-corrected chi connectivity index (χ4v) is 2.17. The summed E-state index contributed by atoms with van der Waals surface area (Å²) in [5.41, 5.74) is 5.23. The number of urea groups is 1. The zero-order chi connectivity index (χ0) is 10.9. The Morgan fingerprint density at radius 1 is 1.33 bits per heavy atom. The minimum atomic E-state index is -2.53. The van der Waals surface area contributed by atoms with Crippen LogP contribution in [0.4, 0.5) is 13.6 Å². The highest BCUT2D eigenvalue weighted by Gasteiger charge is 2.38. The van der Waals surface area contributed by atoms with Crippen LogP contribution in [0.2, 0.25) is 0 Å². The molecule has 0 aromatic heterocycles. The van der Waals surface area contributed by atoms with E-state index in [-0.39, 0.29) is 24.9 Å². The average Bonchev–Trinajstić information content (AvgIpc) is 2.19. The van der Waals surface area contributed by atoms with Crippen molar-refractivity contribution in [2.24, 2.45) is 0 Å². The molecule has 1 saturated carbocycles. The third-order valence-electron chi connectivity index (χ3n) is 3.06. The van der Waals surface area contributed by atoms with Crippen molar-refractivity contribution >= 4 is 6.03 Å². The summed E-state index contributed by atoms with van der Waals surface area (Å²) in [5, 5.41) is 0. The molecule has 0 atom stereocenters. The molecule has 2 fully saturated rings. The largest absolute Gasteiger partial charge is 0.332 e. The molecule has 0 spiro atoms. The van der Waals surface area contributed by atoms with Crippen molar-refractivity contribution in [1.82, 2.24) is 15.8 Å². The van der Waals surface area contributed by atoms with Crippen molar-refractivity contribution in [3.63, 3.8) is 0 Å². The summed E-state index contributed by atoms with van der Waals surface area (Å²) in [7, 11) is 0. The van der Waals surface area contributed by atoms with E-state index in [2.05, 4.69) is 10.9 Å². The van der Waals surface area contributed by atoms with E-state index in [0.29, 0.717) is 25.9 Å². The van der Waals surface area contributed by atoms with Gasteiger partial charge in [-0.2, -0.15) is 0 Å². The van der Waals surface area contributed by atoms with Crippen molar-refractivity contribution in [2.75, 3.05) is 13.1 Å². The summed E-state index contributed by atoms with van der Waals surface area (Å²) in [6, 6.07) is -0.219. The molecule has 0 bridgehead atoms. The van der Waals surface area contributed by atoms with Crippen molar-refractivity contribution in [3.05, 3.63) is 0 Å². The lowest BCUT2D eigenvalue weighted by Crippen LogP contribution is -2.59. The van der Waals surface area contributed by atoms with E-state index in [1.807, 2.05) is 0 Å². The Hall–Kier alpha value is -0.910. The standard InChI is InChI=1S/C9H15F2N3O/c10-9(11)3-1-7(2-4-9)14-6-5-12-13-8(14)15/h7,12H,1-6H2,(H,13,15). The summed E-state index contributed by atoms with van der Waals surface area (Å²) in [6.07, 6.45) is 0.602. The van der Waals surface area contributed by atoms with E-state index in [0.717, 1.165) is 0 Å². The maximum atomic E-state index is 12.9. The van der Waals surface area contributed by atoms with Gasteiger partial charge in [-0.25, -0.2) is 19.0 Å². The summed E-state index contributed by atoms with van der Waals surface area (Å²) in [6.45, 7) is 1.26. The summed E-state index contributed by atoms with van der Waals surface area (Å²) in [4.78, 5) is 13.1. The minimum absolute atomic E-state index is 0.0216. The first-order valence-electron chi connectivity index (χ1n) is 5.26. The van der Waals surface area contributed by atoms with Gasteiger partial charge in [0.2, 0.25) is 5.92 Å². The van der Waals surface area contributed by atoms with Crippen LogP contribution in [0.1, 0.15) is 25.7 Å². The zero-order valence-corrected chi connectivity index (χ0v) is 8.43. The molecule has 0 radical (unpaired) electrons. The first-order chi connectivity index (χ1) is 7.08. The molecule has 2 amide bonds. The van der Waals surface area contributed by atoms with Gasteiger partial charge in [-0.05, 0) is 12.8 Å². The molecule has 2 aliphatic rings. The van der Waals surface area contributed by atoms with Gasteiger partial charge in [0, 0.05) is 32.0 Å². The molecule has 0 aromatic rings. The number of nitrogens with one attached hydrogen (secondary N) is 2. The molecule has 2 rings (SSSR count). The quantitative estimate of drug-likeness (QED) is 0.693. The summed E-state index contributed by atoms with van der Waals surface area (Å²) in [5.74, 6) is -2.53. The molecule has 15 heavy (non-hydrogen) atoms. The Balaban J connectivity index is 1.92. The van der Waals surface area contributed by atoms with Gasteiger partial charge < -0.3 is 4.90 Å². The third kappa shape index (κ3) is 2.37. The fourth-order valence-electron chi connectivity index (χ4n) is 2.17. The number of carbonyl (C=O) groups excluding carboxylic acids is 1. The lowest BCUT2D eigenvalue weighted by Gasteiger charge is -2.38. The van der Waals surface area contributed by atoms with Crippen LogP contribution in [0, 0.1) is 0 Å². The maximum absolute atomic E-state index is 12.9. The predicted octanol–water partition coefficient (Wildman–Crippen LogP) is 1.09. The van der Waals surface area contributed by atoms with Crippen LogP contribution >= 0.6 is 0 Å². The molecule has 2 N–H and O–H groups in total. The molecule has 4 nitrogen and oxygen atoms in total. The Labute approximate surface area is 87.0 Å². The highest BCUT2D eigenvalue weighted by molar-refractivity contribution is 5.74. The number of hydrazine groups is 1. The Morgan fingerprint density at radius 3 is 2.60 bits per heavy atom. The Kier molecular flexibility index (Phi) is 2.77. The number of amides is 2. The second-order valence-electron chi connectivity index (χ2n) is 4.14. The van der Waals surface area contributed by atoms with E-state index in [4.69, 9.17) is 0 Å². The number of hydrogen-bond donors (Lipinski definition) is 2. The van der Waals surface area contributed by atoms with Crippen LogP contribution in [-0.4, -0.2) is 36.0 Å². The molecular formula is C9H15F2N3O. The molecule has 0 unspecified atom stereocenters. The Morgan fingerprint density at radius 2 is 2.00 bits per heavy atom. The molecule has 6 heteroatoms. The summed E-state index contributed by atoms with van der Waals surface area (Å²) >= 11 is 0. The van der Waals surface area contributed by atoms with Gasteiger partial charge in [0.1, 0.15) is 0 Å². The highest BCUT2D eigenvalue weighted by Crippen LogP contribution is 2.35. The van der Waals surface area contributed by atoms with Crippen LogP contribution in [0.15, 0.2) is 0 Å². The SMILES string of the molecule is O=C1NNCCN1C1CCC(F)(F)CC1. The molecule has 0 aromatic carbocycles. The van der Waals surface area contributed by atoms with Crippen molar-refractivity contribution in [3.8, 4) is 0 Å². The second kappa shape index (κ2) is 3.92. The number of halogens is 2. The van der Waals surface area contributed by atoms with Gasteiger partial charge in [0.05, 0.1) is 0 Å². The molecule has 1 saturated heterocycles. The van der Waals surface area contributed by atoms with Gasteiger partial charge >= 0.3 is 6.03 Å². The van der Waals surface area contributed by atoms with Gasteiger partial charge in [-0.15, -0.1) is 0 Å². The van der Waals surface area contributed by atoms with Crippen molar-refractivity contribution in [2.45, 2.75) is 37.6 Å². The van der Waals surface area contributed by atoms with Crippen LogP contribution in [0.5, 0.6) is 0 Å². The number of rotatable bonds is 1. The van der Waals surface area contributed by atoms with Crippen molar-refractivity contribution < 1.29 is 13.6 Å². The number of hydrogen-bond acceptors (Lipinski definition) is 2. The van der Waals surface area contributed by atoms with E-state index < -0.39 is 5.92 Å². The number of nitrogens with zero attached hydrogens (tertiary/aromatic N) is 1. The topological polar surface area (TPSA) is 44.4 Å². The van der Waals surface area contributed by atoms with Crippen LogP contribution in [0.3, 0.4) is 0 Å². The maximum Gasteiger partial charge on any atom is 0.332 e. The number of alkyl halides is 2. The molecule has 1 aliphatic heterocycles. The van der Waals surface area contributed by atoms with Crippen LogP contribution in [-0.2, 0) is 0 Å². The van der Waals surface area contributed by atoms with Crippen LogP contribution in [0.25, 0.3) is 0 Å². The minimum Gasteiger partial charge on any atom is -0.319 e.